The van der Waals surface area contributed by atoms with Crippen molar-refractivity contribution in [3.05, 3.63) is 48.0 Å². The van der Waals surface area contributed by atoms with Crippen molar-refractivity contribution >= 4 is 34.4 Å². The first-order valence-electron chi connectivity index (χ1n) is 10.7. The molecule has 0 spiro atoms. The number of nitrogens with zero attached hydrogens (tertiary/aromatic N) is 4. The van der Waals surface area contributed by atoms with Gasteiger partial charge in [-0.25, -0.2) is 4.98 Å². The fourth-order valence-electron chi connectivity index (χ4n) is 3.52. The van der Waals surface area contributed by atoms with Gasteiger partial charge >= 0.3 is 0 Å². The zero-order valence-electron chi connectivity index (χ0n) is 18.4. The van der Waals surface area contributed by atoms with Crippen molar-refractivity contribution in [3.8, 4) is 0 Å². The quantitative estimate of drug-likeness (QED) is 0.345. The van der Waals surface area contributed by atoms with Crippen molar-refractivity contribution in [1.29, 1.82) is 0 Å². The second kappa shape index (κ2) is 9.33. The number of anilines is 1. The summed E-state index contributed by atoms with van der Waals surface area (Å²) >= 11 is 0. The van der Waals surface area contributed by atoms with Gasteiger partial charge in [0.2, 0.25) is 11.8 Å². The molecule has 0 aromatic carbocycles. The number of amides is 3. The van der Waals surface area contributed by atoms with Crippen LogP contribution in [0.25, 0.3) is 10.9 Å². The van der Waals surface area contributed by atoms with Crippen LogP contribution in [0.3, 0.4) is 0 Å². The fraction of sp³-hybridized carbons (Fsp3) is 0.364. The summed E-state index contributed by atoms with van der Waals surface area (Å²) < 4.78 is 1.36. The van der Waals surface area contributed by atoms with E-state index >= 15 is 0 Å². The van der Waals surface area contributed by atoms with E-state index in [4.69, 9.17) is 5.73 Å². The highest BCUT2D eigenvalue weighted by Gasteiger charge is 2.30. The Morgan fingerprint density at radius 1 is 1.27 bits per heavy atom. The number of aromatic nitrogens is 4. The third-order valence-electron chi connectivity index (χ3n) is 5.36. The molecule has 4 rings (SSSR count). The molecular weight excluding hydrogens is 424 g/mol. The van der Waals surface area contributed by atoms with Gasteiger partial charge in [-0.3, -0.25) is 24.0 Å². The van der Waals surface area contributed by atoms with Gasteiger partial charge in [-0.05, 0) is 30.5 Å². The Hall–Kier alpha value is -3.86. The second-order valence-electron chi connectivity index (χ2n) is 8.32. The minimum absolute atomic E-state index is 0.0628. The number of fused-ring (bicyclic) bond motifs is 1. The van der Waals surface area contributed by atoms with Gasteiger partial charge in [0, 0.05) is 29.9 Å². The summed E-state index contributed by atoms with van der Waals surface area (Å²) in [6, 6.07) is 6.46. The summed E-state index contributed by atoms with van der Waals surface area (Å²) in [5.41, 5.74) is 6.83. The van der Waals surface area contributed by atoms with Gasteiger partial charge in [-0.15, -0.1) is 0 Å². The molecule has 33 heavy (non-hydrogen) atoms. The van der Waals surface area contributed by atoms with E-state index in [0.717, 1.165) is 12.2 Å². The highest BCUT2D eigenvalue weighted by Crippen LogP contribution is 2.18. The zero-order chi connectivity index (χ0) is 23.5. The Morgan fingerprint density at radius 3 is 2.76 bits per heavy atom. The molecule has 0 saturated carbocycles. The number of pyridine rings is 2. The van der Waals surface area contributed by atoms with Crippen LogP contribution < -0.4 is 21.7 Å². The summed E-state index contributed by atoms with van der Waals surface area (Å²) in [5.74, 6) is -0.820. The molecule has 2 atom stereocenters. The van der Waals surface area contributed by atoms with E-state index in [1.54, 1.807) is 12.1 Å². The van der Waals surface area contributed by atoms with Crippen molar-refractivity contribution in [3.63, 3.8) is 0 Å². The number of carbonyl (C=O) groups is 3. The van der Waals surface area contributed by atoms with E-state index < -0.39 is 17.9 Å². The standard InChI is InChI=1S/C22H26N8O3/c1-12(2)15-4-3-5-18(26-15)28-22(33)16(8-13-9-25-13)27-19(31)11-30-17-10-24-7-6-14(17)20(29-30)21(23)32/h3-7,10,12-13,16,25H,8-9,11H2,1-2H3,(H2,23,32)(H,27,31)(H,26,28,33)/t13-,16+/m1/s1. The molecule has 3 aromatic heterocycles. The summed E-state index contributed by atoms with van der Waals surface area (Å²) in [5, 5.41) is 13.4. The van der Waals surface area contributed by atoms with Crippen LogP contribution in [0.1, 0.15) is 42.4 Å². The number of rotatable bonds is 9. The fourth-order valence-corrected chi connectivity index (χ4v) is 3.52. The molecule has 11 heteroatoms. The highest BCUT2D eigenvalue weighted by molar-refractivity contribution is 6.04. The first-order chi connectivity index (χ1) is 15.8. The summed E-state index contributed by atoms with van der Waals surface area (Å²) in [6.07, 6.45) is 3.47. The van der Waals surface area contributed by atoms with Gasteiger partial charge in [-0.1, -0.05) is 19.9 Å². The van der Waals surface area contributed by atoms with Crippen molar-refractivity contribution in [2.24, 2.45) is 5.73 Å². The molecule has 5 N–H and O–H groups in total. The number of nitrogens with one attached hydrogen (secondary N) is 3. The third kappa shape index (κ3) is 5.32. The van der Waals surface area contributed by atoms with Gasteiger partial charge in [0.1, 0.15) is 18.4 Å². The minimum Gasteiger partial charge on any atom is -0.364 e. The van der Waals surface area contributed by atoms with E-state index in [2.05, 4.69) is 31.0 Å². The Balaban J connectivity index is 1.48. The lowest BCUT2D eigenvalue weighted by Crippen LogP contribution is -2.46. The number of primary amides is 1. The molecule has 1 aliphatic rings. The number of hydrogen-bond acceptors (Lipinski definition) is 7. The maximum absolute atomic E-state index is 13.0. The van der Waals surface area contributed by atoms with Crippen LogP contribution in [0.5, 0.6) is 0 Å². The second-order valence-corrected chi connectivity index (χ2v) is 8.32. The number of carbonyl (C=O) groups excluding carboxylic acids is 3. The summed E-state index contributed by atoms with van der Waals surface area (Å²) in [4.78, 5) is 46.0. The Bertz CT molecular complexity index is 1200. The smallest absolute Gasteiger partial charge is 0.269 e. The molecule has 1 aliphatic heterocycles. The van der Waals surface area contributed by atoms with Crippen LogP contribution in [-0.4, -0.2) is 56.1 Å². The van der Waals surface area contributed by atoms with E-state index in [0.29, 0.717) is 23.1 Å². The molecular formula is C22H26N8O3. The van der Waals surface area contributed by atoms with Gasteiger partial charge < -0.3 is 21.7 Å². The van der Waals surface area contributed by atoms with Crippen LogP contribution in [0.4, 0.5) is 5.82 Å². The summed E-state index contributed by atoms with van der Waals surface area (Å²) in [7, 11) is 0. The van der Waals surface area contributed by atoms with Crippen LogP contribution in [-0.2, 0) is 16.1 Å². The van der Waals surface area contributed by atoms with Gasteiger partial charge in [0.05, 0.1) is 11.7 Å². The maximum atomic E-state index is 13.0. The third-order valence-corrected chi connectivity index (χ3v) is 5.36. The largest absolute Gasteiger partial charge is 0.364 e. The number of nitrogens with two attached hydrogens (primary N) is 1. The molecule has 0 unspecified atom stereocenters. The highest BCUT2D eigenvalue weighted by atomic mass is 16.2. The predicted molar refractivity (Wildman–Crippen MR) is 121 cm³/mol. The Morgan fingerprint density at radius 2 is 2.06 bits per heavy atom. The lowest BCUT2D eigenvalue weighted by Gasteiger charge is -2.18. The van der Waals surface area contributed by atoms with E-state index in [1.165, 1.54) is 17.1 Å². The Kier molecular flexibility index (Phi) is 6.31. The van der Waals surface area contributed by atoms with Crippen molar-refractivity contribution in [1.82, 2.24) is 30.4 Å². The van der Waals surface area contributed by atoms with Crippen molar-refractivity contribution in [2.45, 2.75) is 44.8 Å². The lowest BCUT2D eigenvalue weighted by atomic mass is 10.1. The van der Waals surface area contributed by atoms with Crippen molar-refractivity contribution < 1.29 is 14.4 Å². The first kappa shape index (κ1) is 22.3. The average Bonchev–Trinajstić information content (AvgIpc) is 3.53. The van der Waals surface area contributed by atoms with Crippen LogP contribution in [0.15, 0.2) is 36.7 Å². The van der Waals surface area contributed by atoms with Crippen LogP contribution >= 0.6 is 0 Å². The van der Waals surface area contributed by atoms with Gasteiger partial charge in [-0.2, -0.15) is 5.10 Å². The van der Waals surface area contributed by atoms with Gasteiger partial charge in [0.25, 0.3) is 5.91 Å². The molecule has 3 amide bonds. The van der Waals surface area contributed by atoms with Gasteiger partial charge in [0.15, 0.2) is 5.69 Å². The van der Waals surface area contributed by atoms with Crippen LogP contribution in [0.2, 0.25) is 0 Å². The molecule has 0 radical (unpaired) electrons. The maximum Gasteiger partial charge on any atom is 0.269 e. The molecule has 0 aliphatic carbocycles. The predicted octanol–water partition coefficient (Wildman–Crippen LogP) is 0.534. The molecule has 172 valence electrons. The minimum atomic E-state index is -0.766. The molecule has 3 aromatic rings. The van der Waals surface area contributed by atoms with Crippen LogP contribution in [0, 0.1) is 0 Å². The van der Waals surface area contributed by atoms with Crippen molar-refractivity contribution in [2.75, 3.05) is 11.9 Å². The molecule has 1 fully saturated rings. The van der Waals surface area contributed by atoms with E-state index in [-0.39, 0.29) is 30.1 Å². The topological polar surface area (TPSA) is 167 Å². The SMILES string of the molecule is CC(C)c1cccc(NC(=O)[C@H](C[C@@H]2CN2)NC(=O)Cn2nc(C(N)=O)c3ccncc32)n1. The Labute approximate surface area is 190 Å². The van der Waals surface area contributed by atoms with E-state index in [9.17, 15) is 14.4 Å². The summed E-state index contributed by atoms with van der Waals surface area (Å²) in [6.45, 7) is 4.64. The average molecular weight is 451 g/mol. The molecule has 1 saturated heterocycles. The molecule has 11 nitrogen and oxygen atoms in total. The normalized spacial score (nSPS) is 15.9. The van der Waals surface area contributed by atoms with E-state index in [1.807, 2.05) is 26.0 Å². The zero-order valence-corrected chi connectivity index (χ0v) is 18.4. The first-order valence-corrected chi connectivity index (χ1v) is 10.7. The monoisotopic (exact) mass is 450 g/mol. The number of hydrogen-bond donors (Lipinski definition) is 4. The molecule has 0 bridgehead atoms. The molecule has 4 heterocycles. The lowest BCUT2D eigenvalue weighted by molar-refractivity contribution is -0.127.